The van der Waals surface area contributed by atoms with Crippen LogP contribution < -0.4 is 5.73 Å². The summed E-state index contributed by atoms with van der Waals surface area (Å²) in [4.78, 5) is 30.6. The fraction of sp³-hybridized carbons (Fsp3) is 0.833. The Kier molecular flexibility index (Phi) is 9.43. The molecule has 0 spiro atoms. The lowest BCUT2D eigenvalue weighted by Crippen LogP contribution is -2.22. The van der Waals surface area contributed by atoms with Gasteiger partial charge in [-0.25, -0.2) is 19.4 Å². The van der Waals surface area contributed by atoms with Gasteiger partial charge in [0.1, 0.15) is 0 Å². The van der Waals surface area contributed by atoms with Crippen LogP contribution in [0.3, 0.4) is 0 Å². The number of nitrogens with two attached hydrogens (primary N) is 1. The van der Waals surface area contributed by atoms with Crippen molar-refractivity contribution >= 4 is 11.9 Å². The molecular weight excluding hydrogens is 222 g/mol. The van der Waals surface area contributed by atoms with E-state index in [1.165, 1.54) is 19.3 Å². The minimum Gasteiger partial charge on any atom is -0.321 e. The van der Waals surface area contributed by atoms with Gasteiger partial charge in [0.05, 0.1) is 12.5 Å². The summed E-state index contributed by atoms with van der Waals surface area (Å²) in [6.45, 7) is 3.63. The predicted octanol–water partition coefficient (Wildman–Crippen LogP) is 1.94. The van der Waals surface area contributed by atoms with Crippen molar-refractivity contribution in [1.29, 1.82) is 0 Å². The van der Waals surface area contributed by atoms with Crippen molar-refractivity contribution in [2.45, 2.75) is 52.4 Å². The summed E-state index contributed by atoms with van der Waals surface area (Å²) in [5, 5.41) is 0. The van der Waals surface area contributed by atoms with E-state index in [2.05, 4.69) is 16.7 Å². The van der Waals surface area contributed by atoms with Crippen molar-refractivity contribution in [3.8, 4) is 0 Å². The molecule has 1 unspecified atom stereocenters. The van der Waals surface area contributed by atoms with Crippen molar-refractivity contribution in [2.24, 2.45) is 11.7 Å². The van der Waals surface area contributed by atoms with Gasteiger partial charge in [-0.15, -0.1) is 0 Å². The van der Waals surface area contributed by atoms with Gasteiger partial charge in [0.15, 0.2) is 0 Å². The monoisotopic (exact) mass is 245 g/mol. The molecule has 5 heteroatoms. The second-order valence-electron chi connectivity index (χ2n) is 4.17. The summed E-state index contributed by atoms with van der Waals surface area (Å²) in [6.07, 6.45) is 6.48. The Morgan fingerprint density at radius 2 is 1.76 bits per heavy atom. The molecule has 0 heterocycles. The molecule has 0 bridgehead atoms. The first-order valence-corrected chi connectivity index (χ1v) is 6.23. The zero-order valence-electron chi connectivity index (χ0n) is 10.7. The highest BCUT2D eigenvalue weighted by molar-refractivity contribution is 5.75. The van der Waals surface area contributed by atoms with E-state index in [1.54, 1.807) is 6.92 Å². The van der Waals surface area contributed by atoms with Crippen molar-refractivity contribution in [3.63, 3.8) is 0 Å². The Bertz CT molecular complexity index is 231. The smallest absolute Gasteiger partial charge is 0.321 e. The average Bonchev–Trinajstić information content (AvgIpc) is 2.34. The van der Waals surface area contributed by atoms with Crippen molar-refractivity contribution in [1.82, 2.24) is 0 Å². The lowest BCUT2D eigenvalue weighted by Gasteiger charge is -2.08. The van der Waals surface area contributed by atoms with Crippen molar-refractivity contribution in [3.05, 3.63) is 0 Å². The van der Waals surface area contributed by atoms with Gasteiger partial charge >= 0.3 is 11.9 Å². The van der Waals surface area contributed by atoms with Gasteiger partial charge in [-0.05, 0) is 6.42 Å². The van der Waals surface area contributed by atoms with Crippen LogP contribution in [0.5, 0.6) is 0 Å². The number of hydrogen-bond acceptors (Lipinski definition) is 5. The van der Waals surface area contributed by atoms with Crippen LogP contribution in [0.4, 0.5) is 0 Å². The van der Waals surface area contributed by atoms with Crippen LogP contribution >= 0.6 is 0 Å². The van der Waals surface area contributed by atoms with Crippen LogP contribution in [0.2, 0.25) is 0 Å². The molecule has 2 N–H and O–H groups in total. The molecule has 17 heavy (non-hydrogen) atoms. The Morgan fingerprint density at radius 3 is 2.35 bits per heavy atom. The summed E-state index contributed by atoms with van der Waals surface area (Å²) >= 11 is 0. The second-order valence-corrected chi connectivity index (χ2v) is 4.17. The van der Waals surface area contributed by atoms with Crippen LogP contribution in [-0.2, 0) is 19.4 Å². The molecular formula is C12H23NO4. The Labute approximate surface area is 103 Å². The van der Waals surface area contributed by atoms with Gasteiger partial charge in [-0.2, -0.15) is 0 Å². The van der Waals surface area contributed by atoms with Gasteiger partial charge in [-0.3, -0.25) is 0 Å². The molecule has 0 aromatic rings. The molecule has 1 atom stereocenters. The normalized spacial score (nSPS) is 11.9. The average molecular weight is 245 g/mol. The molecule has 0 aromatic heterocycles. The lowest BCUT2D eigenvalue weighted by atomic mass is 10.0. The van der Waals surface area contributed by atoms with E-state index in [0.717, 1.165) is 19.3 Å². The molecule has 0 amide bonds. The first-order valence-electron chi connectivity index (χ1n) is 6.23. The summed E-state index contributed by atoms with van der Waals surface area (Å²) in [6, 6.07) is 0. The quantitative estimate of drug-likeness (QED) is 0.401. The highest BCUT2D eigenvalue weighted by atomic mass is 17.2. The molecule has 5 nitrogen and oxygen atoms in total. The summed E-state index contributed by atoms with van der Waals surface area (Å²) in [5.41, 5.74) is 5.00. The Hall–Kier alpha value is -1.10. The highest BCUT2D eigenvalue weighted by Gasteiger charge is 2.16. The van der Waals surface area contributed by atoms with Gasteiger partial charge in [0.25, 0.3) is 0 Å². The Morgan fingerprint density at radius 1 is 1.12 bits per heavy atom. The molecule has 100 valence electrons. The summed E-state index contributed by atoms with van der Waals surface area (Å²) < 4.78 is 0. The molecule has 0 aliphatic heterocycles. The SMILES string of the molecule is CCCCCCCC(C)C(=O)OOC(=O)CN. The first kappa shape index (κ1) is 15.9. The first-order chi connectivity index (χ1) is 8.11. The number of rotatable bonds is 8. The summed E-state index contributed by atoms with van der Waals surface area (Å²) in [5.74, 6) is -1.50. The third-order valence-electron chi connectivity index (χ3n) is 2.53. The van der Waals surface area contributed by atoms with Gasteiger partial charge < -0.3 is 5.73 Å². The van der Waals surface area contributed by atoms with E-state index in [-0.39, 0.29) is 12.5 Å². The van der Waals surface area contributed by atoms with Crippen LogP contribution in [0.25, 0.3) is 0 Å². The number of unbranched alkanes of at least 4 members (excludes halogenated alkanes) is 4. The molecule has 0 aromatic carbocycles. The van der Waals surface area contributed by atoms with E-state index < -0.39 is 11.9 Å². The number of carbonyl (C=O) groups excluding carboxylic acids is 2. The maximum Gasteiger partial charge on any atom is 0.368 e. The maximum atomic E-state index is 11.3. The van der Waals surface area contributed by atoms with E-state index in [4.69, 9.17) is 5.73 Å². The third kappa shape index (κ3) is 8.68. The molecule has 0 aliphatic carbocycles. The molecule has 0 aliphatic rings. The maximum absolute atomic E-state index is 11.3. The minimum absolute atomic E-state index is 0.248. The van der Waals surface area contributed by atoms with Crippen LogP contribution in [0.1, 0.15) is 52.4 Å². The Balaban J connectivity index is 3.57. The topological polar surface area (TPSA) is 78.6 Å². The molecule has 0 fully saturated rings. The lowest BCUT2D eigenvalue weighted by molar-refractivity contribution is -0.260. The van der Waals surface area contributed by atoms with Crippen LogP contribution in [0.15, 0.2) is 0 Å². The van der Waals surface area contributed by atoms with Gasteiger partial charge in [0.2, 0.25) is 0 Å². The summed E-state index contributed by atoms with van der Waals surface area (Å²) in [7, 11) is 0. The zero-order chi connectivity index (χ0) is 13.1. The van der Waals surface area contributed by atoms with E-state index in [1.807, 2.05) is 0 Å². The number of hydrogen-bond donors (Lipinski definition) is 1. The fourth-order valence-electron chi connectivity index (χ4n) is 1.38. The second kappa shape index (κ2) is 10.1. The molecule has 0 rings (SSSR count). The van der Waals surface area contributed by atoms with E-state index >= 15 is 0 Å². The number of carbonyl (C=O) groups is 2. The van der Waals surface area contributed by atoms with Crippen LogP contribution in [-0.4, -0.2) is 18.5 Å². The highest BCUT2D eigenvalue weighted by Crippen LogP contribution is 2.12. The minimum atomic E-state index is -0.742. The zero-order valence-corrected chi connectivity index (χ0v) is 10.7. The predicted molar refractivity (Wildman–Crippen MR) is 63.8 cm³/mol. The largest absolute Gasteiger partial charge is 0.368 e. The van der Waals surface area contributed by atoms with Crippen molar-refractivity contribution < 1.29 is 19.4 Å². The third-order valence-corrected chi connectivity index (χ3v) is 2.53. The van der Waals surface area contributed by atoms with Crippen LogP contribution in [0, 0.1) is 5.92 Å². The standard InChI is InChI=1S/C12H23NO4/c1-3-4-5-6-7-8-10(2)12(15)17-16-11(14)9-13/h10H,3-9,13H2,1-2H3. The van der Waals surface area contributed by atoms with E-state index in [9.17, 15) is 9.59 Å². The molecule has 0 saturated carbocycles. The van der Waals surface area contributed by atoms with Gasteiger partial charge in [0, 0.05) is 0 Å². The van der Waals surface area contributed by atoms with Gasteiger partial charge in [-0.1, -0.05) is 46.0 Å². The van der Waals surface area contributed by atoms with E-state index in [0.29, 0.717) is 0 Å². The van der Waals surface area contributed by atoms with Crippen molar-refractivity contribution in [2.75, 3.05) is 6.54 Å². The molecule has 0 saturated heterocycles. The molecule has 0 radical (unpaired) electrons. The fourth-order valence-corrected chi connectivity index (χ4v) is 1.38.